The summed E-state index contributed by atoms with van der Waals surface area (Å²) in [5.41, 5.74) is 7.72. The van der Waals surface area contributed by atoms with E-state index < -0.39 is 17.2 Å². The number of nitrogens with two attached hydrogens (primary N) is 1. The molecule has 1 aliphatic heterocycles. The summed E-state index contributed by atoms with van der Waals surface area (Å²) in [6.45, 7) is 0.264. The van der Waals surface area contributed by atoms with Crippen LogP contribution in [0, 0.1) is 0 Å². The van der Waals surface area contributed by atoms with Gasteiger partial charge in [0.05, 0.1) is 18.7 Å². The van der Waals surface area contributed by atoms with Crippen molar-refractivity contribution in [2.75, 3.05) is 17.2 Å². The lowest BCUT2D eigenvalue weighted by atomic mass is 10.1. The topological polar surface area (TPSA) is 110 Å². The molecule has 0 unspecified atom stereocenters. The second-order valence-electron chi connectivity index (χ2n) is 8.44. The lowest BCUT2D eigenvalue weighted by molar-refractivity contribution is -0.115. The molecule has 5 rings (SSSR count). The SMILES string of the molecule is Nc1c(N(Cc2ccccc2)C(=O)C2=Cc3ccccc3OC2)c(=O)[nH]c(=O)n1Cc1ccccc1. The summed E-state index contributed by atoms with van der Waals surface area (Å²) in [5.74, 6) is 0.155. The maximum absolute atomic E-state index is 13.9. The number of para-hydroxylation sites is 1. The highest BCUT2D eigenvalue weighted by atomic mass is 16.5. The van der Waals surface area contributed by atoms with Gasteiger partial charge in [0.2, 0.25) is 0 Å². The Labute approximate surface area is 206 Å². The second kappa shape index (κ2) is 9.79. The first-order valence-corrected chi connectivity index (χ1v) is 11.5. The third kappa shape index (κ3) is 4.56. The summed E-state index contributed by atoms with van der Waals surface area (Å²) < 4.78 is 7.05. The van der Waals surface area contributed by atoms with E-state index in [4.69, 9.17) is 10.5 Å². The first-order chi connectivity index (χ1) is 17.5. The molecule has 0 atom stereocenters. The quantitative estimate of drug-likeness (QED) is 0.440. The third-order valence-electron chi connectivity index (χ3n) is 6.00. The predicted molar refractivity (Wildman–Crippen MR) is 139 cm³/mol. The Morgan fingerprint density at radius 2 is 1.56 bits per heavy atom. The van der Waals surface area contributed by atoms with Crippen molar-refractivity contribution in [3.8, 4) is 5.75 Å². The van der Waals surface area contributed by atoms with Crippen LogP contribution in [0.4, 0.5) is 11.5 Å². The zero-order valence-electron chi connectivity index (χ0n) is 19.4. The van der Waals surface area contributed by atoms with Gasteiger partial charge in [0, 0.05) is 5.56 Å². The van der Waals surface area contributed by atoms with E-state index in [-0.39, 0.29) is 31.2 Å². The van der Waals surface area contributed by atoms with E-state index in [1.54, 1.807) is 6.08 Å². The summed E-state index contributed by atoms with van der Waals surface area (Å²) in [5, 5.41) is 0. The number of anilines is 2. The summed E-state index contributed by atoms with van der Waals surface area (Å²) >= 11 is 0. The number of fused-ring (bicyclic) bond motifs is 1. The van der Waals surface area contributed by atoms with E-state index in [2.05, 4.69) is 4.98 Å². The minimum absolute atomic E-state index is 0.0442. The van der Waals surface area contributed by atoms with E-state index >= 15 is 0 Å². The smallest absolute Gasteiger partial charge is 0.330 e. The van der Waals surface area contributed by atoms with Crippen LogP contribution in [0.2, 0.25) is 0 Å². The second-order valence-corrected chi connectivity index (χ2v) is 8.44. The van der Waals surface area contributed by atoms with Crippen molar-refractivity contribution < 1.29 is 9.53 Å². The summed E-state index contributed by atoms with van der Waals surface area (Å²) in [4.78, 5) is 43.3. The molecule has 0 saturated heterocycles. The number of hydrogen-bond donors (Lipinski definition) is 2. The molecule has 3 N–H and O–H groups in total. The standard InChI is InChI=1S/C28H24N4O4/c29-25-24(26(33)30-28(35)32(25)17-20-11-5-2-6-12-20)31(16-19-9-3-1-4-10-19)27(34)22-15-21-13-7-8-14-23(21)36-18-22/h1-15H,16-18,29H2,(H,30,33,35). The van der Waals surface area contributed by atoms with Crippen molar-refractivity contribution >= 4 is 23.5 Å². The number of amides is 1. The Bertz CT molecular complexity index is 1560. The van der Waals surface area contributed by atoms with Gasteiger partial charge in [0.25, 0.3) is 11.5 Å². The Balaban J connectivity index is 1.61. The van der Waals surface area contributed by atoms with Gasteiger partial charge in [-0.1, -0.05) is 78.9 Å². The fourth-order valence-electron chi connectivity index (χ4n) is 4.19. The van der Waals surface area contributed by atoms with Crippen molar-refractivity contribution in [2.45, 2.75) is 13.1 Å². The number of nitrogens with zero attached hydrogens (tertiary/aromatic N) is 2. The highest BCUT2D eigenvalue weighted by Gasteiger charge is 2.28. The molecule has 3 aromatic carbocycles. The van der Waals surface area contributed by atoms with Gasteiger partial charge in [0.1, 0.15) is 18.2 Å². The van der Waals surface area contributed by atoms with E-state index in [0.29, 0.717) is 11.3 Å². The zero-order chi connectivity index (χ0) is 25.1. The van der Waals surface area contributed by atoms with E-state index in [9.17, 15) is 14.4 Å². The Morgan fingerprint density at radius 1 is 0.917 bits per heavy atom. The first kappa shape index (κ1) is 22.9. The van der Waals surface area contributed by atoms with Gasteiger partial charge in [-0.15, -0.1) is 0 Å². The Morgan fingerprint density at radius 3 is 2.28 bits per heavy atom. The van der Waals surface area contributed by atoms with Gasteiger partial charge in [0.15, 0.2) is 5.69 Å². The van der Waals surface area contributed by atoms with Crippen LogP contribution in [0.3, 0.4) is 0 Å². The molecule has 0 spiro atoms. The molecule has 1 aliphatic rings. The lowest BCUT2D eigenvalue weighted by Crippen LogP contribution is -2.42. The fourth-order valence-corrected chi connectivity index (χ4v) is 4.19. The van der Waals surface area contributed by atoms with Gasteiger partial charge in [-0.3, -0.25) is 24.0 Å². The highest BCUT2D eigenvalue weighted by molar-refractivity contribution is 6.10. The zero-order valence-corrected chi connectivity index (χ0v) is 19.4. The average Bonchev–Trinajstić information content (AvgIpc) is 2.91. The van der Waals surface area contributed by atoms with Crippen LogP contribution < -0.4 is 26.6 Å². The largest absolute Gasteiger partial charge is 0.488 e. The van der Waals surface area contributed by atoms with Gasteiger partial charge < -0.3 is 10.5 Å². The number of ether oxygens (including phenoxy) is 1. The maximum atomic E-state index is 13.9. The molecule has 1 amide bonds. The Kier molecular flexibility index (Phi) is 6.23. The molecule has 8 nitrogen and oxygen atoms in total. The maximum Gasteiger partial charge on any atom is 0.330 e. The van der Waals surface area contributed by atoms with Gasteiger partial charge >= 0.3 is 5.69 Å². The first-order valence-electron chi connectivity index (χ1n) is 11.5. The molecule has 0 saturated carbocycles. The molecule has 8 heteroatoms. The van der Waals surface area contributed by atoms with E-state index in [0.717, 1.165) is 16.7 Å². The van der Waals surface area contributed by atoms with Crippen molar-refractivity contribution in [1.82, 2.24) is 9.55 Å². The van der Waals surface area contributed by atoms with Gasteiger partial charge in [-0.25, -0.2) is 4.79 Å². The van der Waals surface area contributed by atoms with Gasteiger partial charge in [-0.05, 0) is 23.3 Å². The van der Waals surface area contributed by atoms with Crippen LogP contribution in [0.1, 0.15) is 16.7 Å². The van der Waals surface area contributed by atoms with Crippen LogP contribution in [-0.4, -0.2) is 22.1 Å². The van der Waals surface area contributed by atoms with E-state index in [1.807, 2.05) is 84.9 Å². The molecule has 0 fully saturated rings. The van der Waals surface area contributed by atoms with Crippen molar-refractivity contribution in [3.05, 3.63) is 128 Å². The van der Waals surface area contributed by atoms with Crippen molar-refractivity contribution in [3.63, 3.8) is 0 Å². The summed E-state index contributed by atoms with van der Waals surface area (Å²) in [7, 11) is 0. The number of benzene rings is 3. The number of aromatic nitrogens is 2. The molecule has 4 aromatic rings. The molecule has 2 heterocycles. The minimum Gasteiger partial charge on any atom is -0.488 e. The molecular formula is C28H24N4O4. The summed E-state index contributed by atoms with van der Waals surface area (Å²) in [6.07, 6.45) is 1.75. The predicted octanol–water partition coefficient (Wildman–Crippen LogP) is 3.18. The number of nitrogen functional groups attached to an aromatic ring is 1. The average molecular weight is 481 g/mol. The van der Waals surface area contributed by atoms with Crippen LogP contribution in [0.5, 0.6) is 5.75 Å². The minimum atomic E-state index is -0.733. The van der Waals surface area contributed by atoms with E-state index in [1.165, 1.54) is 9.47 Å². The molecule has 180 valence electrons. The highest BCUT2D eigenvalue weighted by Crippen LogP contribution is 2.29. The molecule has 0 radical (unpaired) electrons. The van der Waals surface area contributed by atoms with Crippen LogP contribution >= 0.6 is 0 Å². The molecule has 0 bridgehead atoms. The molecule has 1 aromatic heterocycles. The number of H-pyrrole nitrogens is 1. The fraction of sp³-hybridized carbons (Fsp3) is 0.107. The monoisotopic (exact) mass is 480 g/mol. The lowest BCUT2D eigenvalue weighted by Gasteiger charge is -2.27. The van der Waals surface area contributed by atoms with Crippen molar-refractivity contribution in [1.29, 1.82) is 0 Å². The number of aromatic amines is 1. The Hall–Kier alpha value is -4.85. The van der Waals surface area contributed by atoms with Crippen molar-refractivity contribution in [2.24, 2.45) is 0 Å². The third-order valence-corrected chi connectivity index (χ3v) is 6.00. The van der Waals surface area contributed by atoms with Crippen LogP contribution in [0.25, 0.3) is 6.08 Å². The molecular weight excluding hydrogens is 456 g/mol. The normalized spacial score (nSPS) is 12.3. The molecule has 0 aliphatic carbocycles. The van der Waals surface area contributed by atoms with Crippen LogP contribution in [0.15, 0.2) is 100 Å². The number of carbonyl (C=O) groups excluding carboxylic acids is 1. The number of nitrogens with one attached hydrogen (secondary N) is 1. The summed E-state index contributed by atoms with van der Waals surface area (Å²) in [6, 6.07) is 25.9. The van der Waals surface area contributed by atoms with Crippen LogP contribution in [-0.2, 0) is 17.9 Å². The number of carbonyl (C=O) groups is 1. The molecule has 36 heavy (non-hydrogen) atoms. The number of rotatable bonds is 6. The number of hydrogen-bond acceptors (Lipinski definition) is 5. The van der Waals surface area contributed by atoms with Gasteiger partial charge in [-0.2, -0.15) is 0 Å².